The normalized spacial score (nSPS) is 19.4. The maximum atomic E-state index is 14.4. The van der Waals surface area contributed by atoms with Gasteiger partial charge in [-0.25, -0.2) is 4.39 Å². The van der Waals surface area contributed by atoms with Gasteiger partial charge < -0.3 is 18.9 Å². The minimum absolute atomic E-state index is 0.141. The van der Waals surface area contributed by atoms with Crippen molar-refractivity contribution in [2.75, 3.05) is 37.8 Å². The zero-order chi connectivity index (χ0) is 23.2. The number of carbonyl (C=O) groups excluding carboxylic acids is 1. The van der Waals surface area contributed by atoms with Crippen LogP contribution in [0.2, 0.25) is 0 Å². The molecule has 0 spiro atoms. The predicted molar refractivity (Wildman–Crippen MR) is 122 cm³/mol. The summed E-state index contributed by atoms with van der Waals surface area (Å²) in [4.78, 5) is 19.0. The van der Waals surface area contributed by atoms with Crippen LogP contribution in [-0.4, -0.2) is 48.8 Å². The fraction of sp³-hybridized carbons (Fsp3) is 0.640. The van der Waals surface area contributed by atoms with Crippen molar-refractivity contribution in [1.29, 1.82) is 0 Å². The average Bonchev–Trinajstić information content (AvgIpc) is 3.50. The van der Waals surface area contributed by atoms with Crippen LogP contribution in [0.1, 0.15) is 74.5 Å². The van der Waals surface area contributed by atoms with Gasteiger partial charge in [0.2, 0.25) is 0 Å². The summed E-state index contributed by atoms with van der Waals surface area (Å²) in [5, 5.41) is 4.05. The molecule has 1 aromatic carbocycles. The van der Waals surface area contributed by atoms with Gasteiger partial charge in [-0.1, -0.05) is 19.0 Å². The van der Waals surface area contributed by atoms with E-state index >= 15 is 0 Å². The Morgan fingerprint density at radius 2 is 2.06 bits per heavy atom. The Bertz CT molecular complexity index is 918. The third kappa shape index (κ3) is 6.31. The Hall–Kier alpha value is -2.48. The first-order valence-corrected chi connectivity index (χ1v) is 12.1. The molecule has 4 rings (SSSR count). The van der Waals surface area contributed by atoms with Crippen LogP contribution in [-0.2, 0) is 4.74 Å². The highest BCUT2D eigenvalue weighted by Gasteiger charge is 2.24. The molecule has 0 saturated carbocycles. The quantitative estimate of drug-likeness (QED) is 0.365. The van der Waals surface area contributed by atoms with Crippen molar-refractivity contribution in [3.05, 3.63) is 35.4 Å². The number of carbonyl (C=O) groups is 1. The molecule has 8 heteroatoms. The van der Waals surface area contributed by atoms with E-state index in [1.807, 2.05) is 0 Å². The third-order valence-electron chi connectivity index (χ3n) is 6.60. The summed E-state index contributed by atoms with van der Waals surface area (Å²) in [6.07, 6.45) is 5.34. The molecule has 0 amide bonds. The van der Waals surface area contributed by atoms with E-state index in [1.54, 1.807) is 12.1 Å². The van der Waals surface area contributed by atoms with Crippen molar-refractivity contribution in [1.82, 2.24) is 10.1 Å². The van der Waals surface area contributed by atoms with Gasteiger partial charge in [0.15, 0.2) is 11.6 Å². The molecular formula is C25H34FN3O4. The first-order chi connectivity index (χ1) is 16.0. The number of rotatable bonds is 10. The van der Waals surface area contributed by atoms with Gasteiger partial charge in [0.1, 0.15) is 11.6 Å². The smallest absolute Gasteiger partial charge is 0.324 e. The minimum Gasteiger partial charge on any atom is -0.493 e. The Morgan fingerprint density at radius 1 is 1.24 bits per heavy atom. The van der Waals surface area contributed by atoms with Crippen LogP contribution in [0.25, 0.3) is 0 Å². The topological polar surface area (TPSA) is 77.7 Å². The number of anilines is 1. The van der Waals surface area contributed by atoms with Gasteiger partial charge in [-0.15, -0.1) is 0 Å². The zero-order valence-electron chi connectivity index (χ0n) is 19.6. The van der Waals surface area contributed by atoms with E-state index in [0.717, 1.165) is 51.0 Å². The van der Waals surface area contributed by atoms with Crippen LogP contribution in [0.3, 0.4) is 0 Å². The van der Waals surface area contributed by atoms with E-state index in [0.29, 0.717) is 43.9 Å². The molecule has 0 radical (unpaired) electrons. The molecule has 0 unspecified atom stereocenters. The van der Waals surface area contributed by atoms with E-state index in [9.17, 15) is 9.18 Å². The highest BCUT2D eigenvalue weighted by Crippen LogP contribution is 2.27. The molecule has 2 saturated heterocycles. The number of halogens is 1. The van der Waals surface area contributed by atoms with Gasteiger partial charge in [0, 0.05) is 44.7 Å². The van der Waals surface area contributed by atoms with Crippen LogP contribution in [0.15, 0.2) is 22.7 Å². The van der Waals surface area contributed by atoms with Crippen molar-refractivity contribution in [2.24, 2.45) is 11.8 Å². The van der Waals surface area contributed by atoms with Crippen LogP contribution in [0, 0.1) is 17.7 Å². The Morgan fingerprint density at radius 3 is 2.73 bits per heavy atom. The molecule has 2 fully saturated rings. The molecule has 3 heterocycles. The van der Waals surface area contributed by atoms with Gasteiger partial charge >= 0.3 is 6.01 Å². The maximum Gasteiger partial charge on any atom is 0.324 e. The second-order valence-electron chi connectivity index (χ2n) is 9.51. The molecule has 1 atom stereocenters. The van der Waals surface area contributed by atoms with E-state index in [4.69, 9.17) is 14.0 Å². The fourth-order valence-corrected chi connectivity index (χ4v) is 4.49. The number of ketones is 1. The highest BCUT2D eigenvalue weighted by molar-refractivity contribution is 5.96. The molecule has 0 N–H and O–H groups in total. The molecule has 2 aliphatic rings. The first-order valence-electron chi connectivity index (χ1n) is 12.1. The number of hydrogen-bond donors (Lipinski definition) is 0. The lowest BCUT2D eigenvalue weighted by Gasteiger charge is -2.30. The summed E-state index contributed by atoms with van der Waals surface area (Å²) in [6, 6.07) is 5.18. The van der Waals surface area contributed by atoms with Gasteiger partial charge in [0.05, 0.1) is 12.2 Å². The van der Waals surface area contributed by atoms with Crippen molar-refractivity contribution >= 4 is 11.8 Å². The van der Waals surface area contributed by atoms with Crippen LogP contribution in [0.5, 0.6) is 5.75 Å². The van der Waals surface area contributed by atoms with E-state index in [-0.39, 0.29) is 23.2 Å². The van der Waals surface area contributed by atoms with Crippen molar-refractivity contribution in [2.45, 2.75) is 58.3 Å². The van der Waals surface area contributed by atoms with E-state index in [1.165, 1.54) is 6.07 Å². The van der Waals surface area contributed by atoms with E-state index < -0.39 is 5.82 Å². The minimum atomic E-state index is -0.509. The Labute approximate surface area is 194 Å². The largest absolute Gasteiger partial charge is 0.493 e. The summed E-state index contributed by atoms with van der Waals surface area (Å²) in [5.41, 5.74) is 0.141. The molecule has 2 aliphatic heterocycles. The SMILES string of the molecule is CC(C)c1noc(N2CCC(CCCOc3ccc(C(=O)C[C@@H]4CCOC4)c(F)c3)CC2)n1. The number of benzene rings is 1. The monoisotopic (exact) mass is 459 g/mol. The van der Waals surface area contributed by atoms with Crippen LogP contribution < -0.4 is 9.64 Å². The van der Waals surface area contributed by atoms with E-state index in [2.05, 4.69) is 28.9 Å². The zero-order valence-corrected chi connectivity index (χ0v) is 19.6. The number of Topliss-reactive ketones (excluding diaryl/α,β-unsaturated/α-hetero) is 1. The average molecular weight is 460 g/mol. The lowest BCUT2D eigenvalue weighted by molar-refractivity contribution is 0.0948. The second kappa shape index (κ2) is 11.1. The lowest BCUT2D eigenvalue weighted by Crippen LogP contribution is -2.34. The van der Waals surface area contributed by atoms with Crippen LogP contribution in [0.4, 0.5) is 10.4 Å². The molecule has 0 bridgehead atoms. The fourth-order valence-electron chi connectivity index (χ4n) is 4.49. The molecular weight excluding hydrogens is 425 g/mol. The highest BCUT2D eigenvalue weighted by atomic mass is 19.1. The number of nitrogens with zero attached hydrogens (tertiary/aromatic N) is 3. The van der Waals surface area contributed by atoms with Crippen LogP contribution >= 0.6 is 0 Å². The molecule has 0 aliphatic carbocycles. The maximum absolute atomic E-state index is 14.4. The summed E-state index contributed by atoms with van der Waals surface area (Å²) in [5.74, 6) is 1.64. The lowest BCUT2D eigenvalue weighted by atomic mass is 9.92. The number of piperidine rings is 1. The Kier molecular flexibility index (Phi) is 7.96. The summed E-state index contributed by atoms with van der Waals surface area (Å²) < 4.78 is 30.9. The third-order valence-corrected chi connectivity index (χ3v) is 6.60. The van der Waals surface area contributed by atoms with Crippen molar-refractivity contribution in [3.8, 4) is 5.75 Å². The predicted octanol–water partition coefficient (Wildman–Crippen LogP) is 5.02. The van der Waals surface area contributed by atoms with Gasteiger partial charge in [0.25, 0.3) is 0 Å². The van der Waals surface area contributed by atoms with Crippen molar-refractivity contribution < 1.29 is 23.2 Å². The number of aromatic nitrogens is 2. The molecule has 2 aromatic rings. The van der Waals surface area contributed by atoms with Crippen molar-refractivity contribution in [3.63, 3.8) is 0 Å². The standard InChI is InChI=1S/C25H34FN3O4/c1-17(2)24-27-25(33-28-24)29-10-7-18(8-11-29)4-3-12-32-20-5-6-21(22(26)15-20)23(30)14-19-9-13-31-16-19/h5-6,15,17-19H,3-4,7-14,16H2,1-2H3/t19-/m0/s1. The van der Waals surface area contributed by atoms with Gasteiger partial charge in [-0.2, -0.15) is 4.98 Å². The molecule has 7 nitrogen and oxygen atoms in total. The molecule has 1 aromatic heterocycles. The number of hydrogen-bond acceptors (Lipinski definition) is 7. The summed E-state index contributed by atoms with van der Waals surface area (Å²) in [7, 11) is 0. The van der Waals surface area contributed by atoms with Gasteiger partial charge in [-0.05, 0) is 56.1 Å². The summed E-state index contributed by atoms with van der Waals surface area (Å²) in [6.45, 7) is 7.75. The second-order valence-corrected chi connectivity index (χ2v) is 9.51. The molecule has 180 valence electrons. The first kappa shape index (κ1) is 23.7. The number of ether oxygens (including phenoxy) is 2. The summed E-state index contributed by atoms with van der Waals surface area (Å²) >= 11 is 0. The Balaban J connectivity index is 1.16. The van der Waals surface area contributed by atoms with Gasteiger partial charge in [-0.3, -0.25) is 4.79 Å². The molecule has 33 heavy (non-hydrogen) atoms.